The molecule has 1 amide bonds. The van der Waals surface area contributed by atoms with Crippen LogP contribution in [0, 0.1) is 0 Å². The number of aryl methyl sites for hydroxylation is 1. The number of benzene rings is 4. The van der Waals surface area contributed by atoms with Crippen molar-refractivity contribution < 1.29 is 14.8 Å². The van der Waals surface area contributed by atoms with Crippen LogP contribution in [0.2, 0.25) is 0 Å². The number of nitrogens with zero attached hydrogens (tertiary/aromatic N) is 1. The minimum atomic E-state index is -1.44. The smallest absolute Gasteiger partial charge is 0.423 e. The van der Waals surface area contributed by atoms with E-state index in [1.165, 1.54) is 11.1 Å². The van der Waals surface area contributed by atoms with Crippen LogP contribution in [0.1, 0.15) is 83.5 Å². The highest BCUT2D eigenvalue weighted by molar-refractivity contribution is 6.59. The Balaban J connectivity index is 1.25. The molecule has 0 bridgehead atoms. The number of amides is 1. The van der Waals surface area contributed by atoms with Crippen molar-refractivity contribution in [3.05, 3.63) is 113 Å². The summed E-state index contributed by atoms with van der Waals surface area (Å²) >= 11 is 0. The zero-order valence-electron chi connectivity index (χ0n) is 24.0. The molecule has 1 unspecified atom stereocenters. The highest BCUT2D eigenvalue weighted by Crippen LogP contribution is 2.32. The lowest BCUT2D eigenvalue weighted by Gasteiger charge is -2.32. The number of fused-ring (bicyclic) bond motifs is 1. The number of hydrogen-bond donors (Lipinski definition) is 3. The summed E-state index contributed by atoms with van der Waals surface area (Å²) in [4.78, 5) is 15.7. The molecule has 41 heavy (non-hydrogen) atoms. The fourth-order valence-electron chi connectivity index (χ4n) is 6.46. The van der Waals surface area contributed by atoms with Crippen LogP contribution in [0.5, 0.6) is 0 Å². The molecule has 1 aliphatic heterocycles. The summed E-state index contributed by atoms with van der Waals surface area (Å²) in [5.41, 5.74) is 12.0. The van der Waals surface area contributed by atoms with Gasteiger partial charge in [-0.2, -0.15) is 0 Å². The maximum absolute atomic E-state index is 13.7. The molecule has 1 atom stereocenters. The third kappa shape index (κ3) is 6.73. The van der Waals surface area contributed by atoms with Crippen molar-refractivity contribution >= 4 is 29.3 Å². The Kier molecular flexibility index (Phi) is 9.55. The number of likely N-dealkylation sites (tertiary alicyclic amines) is 1. The summed E-state index contributed by atoms with van der Waals surface area (Å²) < 4.78 is 0. The molecular weight excluding hydrogens is 507 g/mol. The minimum Gasteiger partial charge on any atom is -0.423 e. The van der Waals surface area contributed by atoms with Gasteiger partial charge >= 0.3 is 7.12 Å². The van der Waals surface area contributed by atoms with Crippen LogP contribution in [-0.4, -0.2) is 41.1 Å². The molecule has 5 rings (SSSR count). The quantitative estimate of drug-likeness (QED) is 0.228. The molecule has 0 radical (unpaired) electrons. The molecule has 1 saturated heterocycles. The largest absolute Gasteiger partial charge is 0.488 e. The van der Waals surface area contributed by atoms with E-state index < -0.39 is 7.12 Å². The Hall–Kier alpha value is -3.45. The van der Waals surface area contributed by atoms with E-state index in [0.29, 0.717) is 23.8 Å². The number of carbonyl (C=O) groups is 1. The van der Waals surface area contributed by atoms with Crippen LogP contribution in [0.15, 0.2) is 84.9 Å². The monoisotopic (exact) mass is 548 g/mol. The Labute approximate surface area is 244 Å². The fourth-order valence-corrected chi connectivity index (χ4v) is 6.46. The van der Waals surface area contributed by atoms with E-state index in [1.807, 2.05) is 35.2 Å². The van der Waals surface area contributed by atoms with Gasteiger partial charge in [0, 0.05) is 25.2 Å². The third-order valence-electron chi connectivity index (χ3n) is 8.87. The van der Waals surface area contributed by atoms with E-state index in [1.54, 1.807) is 6.07 Å². The fraction of sp³-hybridized carbons (Fsp3) is 0.343. The molecule has 4 aromatic carbocycles. The molecular formula is C35H41BN2O3. The van der Waals surface area contributed by atoms with Crippen molar-refractivity contribution in [2.75, 3.05) is 13.1 Å². The molecule has 1 fully saturated rings. The zero-order valence-corrected chi connectivity index (χ0v) is 24.0. The first kappa shape index (κ1) is 29.1. The van der Waals surface area contributed by atoms with E-state index in [2.05, 4.69) is 55.5 Å². The molecule has 4 N–H and O–H groups in total. The van der Waals surface area contributed by atoms with Gasteiger partial charge in [-0.15, -0.1) is 0 Å². The van der Waals surface area contributed by atoms with Gasteiger partial charge in [0.25, 0.3) is 5.91 Å². The number of carbonyl (C=O) groups excluding carboxylic acids is 1. The lowest BCUT2D eigenvalue weighted by atomic mass is 9.76. The molecule has 5 nitrogen and oxygen atoms in total. The first-order valence-corrected chi connectivity index (χ1v) is 15.0. The van der Waals surface area contributed by atoms with E-state index >= 15 is 0 Å². The standard InChI is InChI=1S/C35H41BN2O3/c1-2-26(10-6-11-28-9-3-4-15-34(28)36(40)41)30-16-17-32-31(23-30)13-7-14-33(32)35(39)38-20-18-27(19-21-38)29-12-5-8-25(22-29)24-37/h3-5,7-9,12-17,22-23,26-27,40-41H,2,6,10-11,18-21,24,37H2,1H3. The molecule has 0 aromatic heterocycles. The Morgan fingerprint density at radius 2 is 1.76 bits per heavy atom. The molecule has 1 aliphatic rings. The van der Waals surface area contributed by atoms with Gasteiger partial charge in [0.05, 0.1) is 0 Å². The lowest BCUT2D eigenvalue weighted by molar-refractivity contribution is 0.0715. The average molecular weight is 549 g/mol. The first-order valence-electron chi connectivity index (χ1n) is 15.0. The van der Waals surface area contributed by atoms with E-state index in [-0.39, 0.29) is 5.91 Å². The van der Waals surface area contributed by atoms with Gasteiger partial charge in [0.2, 0.25) is 0 Å². The second kappa shape index (κ2) is 13.5. The molecule has 0 spiro atoms. The topological polar surface area (TPSA) is 86.8 Å². The molecule has 0 aliphatic carbocycles. The summed E-state index contributed by atoms with van der Waals surface area (Å²) in [5.74, 6) is 0.991. The van der Waals surface area contributed by atoms with E-state index in [0.717, 1.165) is 79.1 Å². The third-order valence-corrected chi connectivity index (χ3v) is 8.87. The molecule has 1 heterocycles. The zero-order chi connectivity index (χ0) is 28.8. The van der Waals surface area contributed by atoms with Crippen LogP contribution < -0.4 is 11.2 Å². The van der Waals surface area contributed by atoms with E-state index in [4.69, 9.17) is 5.73 Å². The van der Waals surface area contributed by atoms with Crippen molar-refractivity contribution in [3.8, 4) is 0 Å². The Morgan fingerprint density at radius 1 is 0.976 bits per heavy atom. The normalized spacial score (nSPS) is 14.8. The molecule has 4 aromatic rings. The minimum absolute atomic E-state index is 0.120. The van der Waals surface area contributed by atoms with Gasteiger partial charge in [-0.3, -0.25) is 4.79 Å². The van der Waals surface area contributed by atoms with E-state index in [9.17, 15) is 14.8 Å². The van der Waals surface area contributed by atoms with Crippen LogP contribution in [-0.2, 0) is 13.0 Å². The maximum atomic E-state index is 13.7. The maximum Gasteiger partial charge on any atom is 0.488 e. The predicted octanol–water partition coefficient (Wildman–Crippen LogP) is 5.51. The summed E-state index contributed by atoms with van der Waals surface area (Å²) in [6.07, 6.45) is 5.75. The van der Waals surface area contributed by atoms with Gasteiger partial charge in [0.1, 0.15) is 0 Å². The van der Waals surface area contributed by atoms with Gasteiger partial charge in [0.15, 0.2) is 0 Å². The van der Waals surface area contributed by atoms with Gasteiger partial charge < -0.3 is 20.7 Å². The summed E-state index contributed by atoms with van der Waals surface area (Å²) in [6, 6.07) is 28.8. The van der Waals surface area contributed by atoms with Crippen LogP contribution >= 0.6 is 0 Å². The van der Waals surface area contributed by atoms with Gasteiger partial charge in [-0.1, -0.05) is 85.8 Å². The molecule has 212 valence electrons. The predicted molar refractivity (Wildman–Crippen MR) is 168 cm³/mol. The van der Waals surface area contributed by atoms with Crippen molar-refractivity contribution in [3.63, 3.8) is 0 Å². The van der Waals surface area contributed by atoms with Crippen molar-refractivity contribution in [2.45, 2.75) is 63.8 Å². The lowest BCUT2D eigenvalue weighted by Crippen LogP contribution is -2.38. The number of hydrogen-bond acceptors (Lipinski definition) is 4. The van der Waals surface area contributed by atoms with Crippen molar-refractivity contribution in [2.24, 2.45) is 5.73 Å². The van der Waals surface area contributed by atoms with Crippen LogP contribution in [0.25, 0.3) is 10.8 Å². The van der Waals surface area contributed by atoms with Crippen LogP contribution in [0.4, 0.5) is 0 Å². The van der Waals surface area contributed by atoms with Crippen LogP contribution in [0.3, 0.4) is 0 Å². The molecule has 6 heteroatoms. The second-order valence-electron chi connectivity index (χ2n) is 11.4. The summed E-state index contributed by atoms with van der Waals surface area (Å²) in [7, 11) is -1.44. The van der Waals surface area contributed by atoms with Gasteiger partial charge in [-0.05, 0) is 94.9 Å². The van der Waals surface area contributed by atoms with Gasteiger partial charge in [-0.25, -0.2) is 0 Å². The van der Waals surface area contributed by atoms with Crippen molar-refractivity contribution in [1.82, 2.24) is 4.90 Å². The highest BCUT2D eigenvalue weighted by atomic mass is 16.4. The Morgan fingerprint density at radius 3 is 2.51 bits per heavy atom. The summed E-state index contributed by atoms with van der Waals surface area (Å²) in [5, 5.41) is 21.5. The number of nitrogens with two attached hydrogens (primary N) is 1. The Bertz CT molecular complexity index is 1480. The van der Waals surface area contributed by atoms with Crippen molar-refractivity contribution in [1.29, 1.82) is 0 Å². The first-order chi connectivity index (χ1) is 20.0. The highest BCUT2D eigenvalue weighted by Gasteiger charge is 2.26. The average Bonchev–Trinajstić information content (AvgIpc) is 3.02. The second-order valence-corrected chi connectivity index (χ2v) is 11.4. The number of piperidine rings is 1. The summed E-state index contributed by atoms with van der Waals surface area (Å²) in [6.45, 7) is 4.30. The molecule has 0 saturated carbocycles. The number of rotatable bonds is 10. The SMILES string of the molecule is CCC(CCCc1ccccc1B(O)O)c1ccc2c(C(=O)N3CCC(c4cccc(CN)c4)CC3)cccc2c1.